The van der Waals surface area contributed by atoms with Crippen LogP contribution in [0.25, 0.3) is 0 Å². The molecule has 1 fully saturated rings. The molecule has 0 aliphatic carbocycles. The molecule has 1 unspecified atom stereocenters. The summed E-state index contributed by atoms with van der Waals surface area (Å²) in [6.07, 6.45) is 2.81. The number of benzene rings is 1. The molecule has 1 aromatic carbocycles. The first-order valence-electron chi connectivity index (χ1n) is 6.53. The number of halogens is 3. The molecule has 112 valence electrons. The normalized spacial score (nSPS) is 19.0. The Kier molecular flexibility index (Phi) is 4.41. The Morgan fingerprint density at radius 2 is 1.95 bits per heavy atom. The van der Waals surface area contributed by atoms with Crippen LogP contribution in [0.1, 0.15) is 24.8 Å². The summed E-state index contributed by atoms with van der Waals surface area (Å²) in [7, 11) is 0. The fraction of sp³-hybridized carbons (Fsp3) is 0.400. The molecule has 0 spiro atoms. The molecule has 0 radical (unpaired) electrons. The van der Waals surface area contributed by atoms with Gasteiger partial charge in [0.1, 0.15) is 5.75 Å². The van der Waals surface area contributed by atoms with Crippen LogP contribution in [0.15, 0.2) is 24.3 Å². The Morgan fingerprint density at radius 1 is 1.29 bits per heavy atom. The Balaban J connectivity index is 2.04. The molecule has 0 saturated carbocycles. The number of amides is 1. The van der Waals surface area contributed by atoms with Crippen molar-refractivity contribution in [3.05, 3.63) is 29.8 Å². The molecule has 1 amide bonds. The molecular weight excluding hydrogens is 283 g/mol. The zero-order valence-electron chi connectivity index (χ0n) is 11.2. The lowest BCUT2D eigenvalue weighted by Crippen LogP contribution is -2.44. The van der Waals surface area contributed by atoms with Crippen molar-refractivity contribution in [3.63, 3.8) is 0 Å². The topological polar surface area (TPSA) is 29.5 Å². The molecule has 1 atom stereocenters. The van der Waals surface area contributed by atoms with Gasteiger partial charge in [-0.3, -0.25) is 4.90 Å². The van der Waals surface area contributed by atoms with Crippen LogP contribution >= 0.6 is 0 Å². The lowest BCUT2D eigenvalue weighted by atomic mass is 10.0. The van der Waals surface area contributed by atoms with E-state index in [1.807, 2.05) is 0 Å². The van der Waals surface area contributed by atoms with E-state index in [2.05, 4.69) is 5.92 Å². The number of hydrogen-bond acceptors (Lipinski definition) is 2. The SMILES string of the molecule is C#CC1CCCCN1C(=O)Oc1ccc(C(F)(F)F)cc1. The highest BCUT2D eigenvalue weighted by atomic mass is 19.4. The number of terminal acetylenes is 1. The molecule has 1 aliphatic heterocycles. The van der Waals surface area contributed by atoms with E-state index in [0.29, 0.717) is 13.0 Å². The van der Waals surface area contributed by atoms with Gasteiger partial charge in [0.15, 0.2) is 0 Å². The molecule has 0 N–H and O–H groups in total. The van der Waals surface area contributed by atoms with Gasteiger partial charge in [-0.05, 0) is 43.5 Å². The second-order valence-corrected chi connectivity index (χ2v) is 4.76. The molecular formula is C15H14F3NO2. The Bertz CT molecular complexity index is 546. The predicted octanol–water partition coefficient (Wildman–Crippen LogP) is 3.69. The summed E-state index contributed by atoms with van der Waals surface area (Å²) in [5, 5.41) is 0. The molecule has 21 heavy (non-hydrogen) atoms. The summed E-state index contributed by atoms with van der Waals surface area (Å²) < 4.78 is 42.4. The van der Waals surface area contributed by atoms with Gasteiger partial charge >= 0.3 is 12.3 Å². The highest BCUT2D eigenvalue weighted by Gasteiger charge is 2.30. The maximum Gasteiger partial charge on any atom is 0.416 e. The fourth-order valence-electron chi connectivity index (χ4n) is 2.19. The molecule has 0 bridgehead atoms. The van der Waals surface area contributed by atoms with E-state index in [9.17, 15) is 18.0 Å². The number of alkyl halides is 3. The van der Waals surface area contributed by atoms with Crippen molar-refractivity contribution in [1.82, 2.24) is 4.90 Å². The van der Waals surface area contributed by atoms with Crippen LogP contribution in [0.3, 0.4) is 0 Å². The monoisotopic (exact) mass is 297 g/mol. The highest BCUT2D eigenvalue weighted by Crippen LogP contribution is 2.30. The Morgan fingerprint density at radius 3 is 2.52 bits per heavy atom. The Hall–Kier alpha value is -2.16. The van der Waals surface area contributed by atoms with E-state index in [1.54, 1.807) is 0 Å². The van der Waals surface area contributed by atoms with Crippen LogP contribution in [-0.2, 0) is 6.18 Å². The molecule has 1 saturated heterocycles. The smallest absolute Gasteiger partial charge is 0.410 e. The number of ether oxygens (including phenoxy) is 1. The van der Waals surface area contributed by atoms with Crippen LogP contribution in [0.4, 0.5) is 18.0 Å². The number of rotatable bonds is 1. The number of nitrogens with zero attached hydrogens (tertiary/aromatic N) is 1. The second kappa shape index (κ2) is 6.08. The van der Waals surface area contributed by atoms with Crippen molar-refractivity contribution < 1.29 is 22.7 Å². The molecule has 0 aromatic heterocycles. The maximum absolute atomic E-state index is 12.4. The van der Waals surface area contributed by atoms with Crippen molar-refractivity contribution in [1.29, 1.82) is 0 Å². The van der Waals surface area contributed by atoms with E-state index in [-0.39, 0.29) is 11.8 Å². The van der Waals surface area contributed by atoms with Crippen molar-refractivity contribution >= 4 is 6.09 Å². The zero-order chi connectivity index (χ0) is 15.5. The minimum atomic E-state index is -4.41. The summed E-state index contributed by atoms with van der Waals surface area (Å²) in [6.45, 7) is 0.494. The van der Waals surface area contributed by atoms with Crippen molar-refractivity contribution in [2.45, 2.75) is 31.5 Å². The van der Waals surface area contributed by atoms with Crippen molar-refractivity contribution in [3.8, 4) is 18.1 Å². The van der Waals surface area contributed by atoms with E-state index < -0.39 is 17.8 Å². The molecule has 2 rings (SSSR count). The van der Waals surface area contributed by atoms with Gasteiger partial charge in [-0.25, -0.2) is 4.79 Å². The van der Waals surface area contributed by atoms with Crippen LogP contribution in [-0.4, -0.2) is 23.6 Å². The first-order chi connectivity index (χ1) is 9.91. The van der Waals surface area contributed by atoms with Gasteiger partial charge in [0.05, 0.1) is 11.6 Å². The quantitative estimate of drug-likeness (QED) is 0.740. The van der Waals surface area contributed by atoms with Gasteiger partial charge in [0.2, 0.25) is 0 Å². The van der Waals surface area contributed by atoms with Gasteiger partial charge in [-0.1, -0.05) is 5.92 Å². The molecule has 6 heteroatoms. The van der Waals surface area contributed by atoms with Gasteiger partial charge in [-0.2, -0.15) is 13.2 Å². The van der Waals surface area contributed by atoms with Crippen molar-refractivity contribution in [2.75, 3.05) is 6.54 Å². The van der Waals surface area contributed by atoms with E-state index in [0.717, 1.165) is 37.1 Å². The fourth-order valence-corrected chi connectivity index (χ4v) is 2.19. The van der Waals surface area contributed by atoms with Gasteiger partial charge in [-0.15, -0.1) is 6.42 Å². The summed E-state index contributed by atoms with van der Waals surface area (Å²) >= 11 is 0. The third-order valence-electron chi connectivity index (χ3n) is 3.32. The van der Waals surface area contributed by atoms with E-state index in [4.69, 9.17) is 11.2 Å². The lowest BCUT2D eigenvalue weighted by Gasteiger charge is -2.31. The number of carbonyl (C=O) groups is 1. The minimum absolute atomic E-state index is 0.0642. The molecule has 3 nitrogen and oxygen atoms in total. The second-order valence-electron chi connectivity index (χ2n) is 4.76. The highest BCUT2D eigenvalue weighted by molar-refractivity contribution is 5.71. The lowest BCUT2D eigenvalue weighted by molar-refractivity contribution is -0.137. The van der Waals surface area contributed by atoms with Crippen LogP contribution in [0, 0.1) is 12.3 Å². The molecule has 1 heterocycles. The average molecular weight is 297 g/mol. The number of piperidine rings is 1. The minimum Gasteiger partial charge on any atom is -0.410 e. The number of carbonyl (C=O) groups excluding carboxylic acids is 1. The molecule has 1 aromatic rings. The van der Waals surface area contributed by atoms with Crippen molar-refractivity contribution in [2.24, 2.45) is 0 Å². The van der Waals surface area contributed by atoms with Gasteiger partial charge < -0.3 is 4.74 Å². The van der Waals surface area contributed by atoms with Crippen LogP contribution in [0.2, 0.25) is 0 Å². The van der Waals surface area contributed by atoms with Crippen LogP contribution in [0.5, 0.6) is 5.75 Å². The summed E-state index contributed by atoms with van der Waals surface area (Å²) in [5.74, 6) is 2.59. The first kappa shape index (κ1) is 15.2. The number of hydrogen-bond donors (Lipinski definition) is 0. The Labute approximate surface area is 120 Å². The largest absolute Gasteiger partial charge is 0.416 e. The van der Waals surface area contributed by atoms with Gasteiger partial charge in [0, 0.05) is 6.54 Å². The number of likely N-dealkylation sites (tertiary alicyclic amines) is 1. The zero-order valence-corrected chi connectivity index (χ0v) is 11.2. The predicted molar refractivity (Wildman–Crippen MR) is 70.6 cm³/mol. The van der Waals surface area contributed by atoms with Gasteiger partial charge in [0.25, 0.3) is 0 Å². The van der Waals surface area contributed by atoms with Crippen LogP contribution < -0.4 is 4.74 Å². The first-order valence-corrected chi connectivity index (χ1v) is 6.53. The average Bonchev–Trinajstić information content (AvgIpc) is 2.46. The molecule has 1 aliphatic rings. The van der Waals surface area contributed by atoms with E-state index >= 15 is 0 Å². The summed E-state index contributed by atoms with van der Waals surface area (Å²) in [5.41, 5.74) is -0.790. The van der Waals surface area contributed by atoms with E-state index in [1.165, 1.54) is 4.90 Å². The summed E-state index contributed by atoms with van der Waals surface area (Å²) in [4.78, 5) is 13.4. The summed E-state index contributed by atoms with van der Waals surface area (Å²) in [6, 6.07) is 3.67. The standard InChI is InChI=1S/C15H14F3NO2/c1-2-12-5-3-4-10-19(12)14(20)21-13-8-6-11(7-9-13)15(16,17)18/h1,6-9,12H,3-5,10H2. The third kappa shape index (κ3) is 3.69. The maximum atomic E-state index is 12.4. The third-order valence-corrected chi connectivity index (χ3v) is 3.32.